The highest BCUT2D eigenvalue weighted by Crippen LogP contribution is 2.25. The molecule has 0 saturated carbocycles. The second kappa shape index (κ2) is 1.75. The molecule has 0 heterocycles. The summed E-state index contributed by atoms with van der Waals surface area (Å²) in [6.45, 7) is 0. The Labute approximate surface area is 60.2 Å². The van der Waals surface area contributed by atoms with Crippen molar-refractivity contribution in [1.82, 2.24) is 0 Å². The van der Waals surface area contributed by atoms with Crippen molar-refractivity contribution in [2.45, 2.75) is 0 Å². The predicted molar refractivity (Wildman–Crippen MR) is 43.3 cm³/mol. The fraction of sp³-hybridized carbons (Fsp3) is 0. The van der Waals surface area contributed by atoms with Gasteiger partial charge in [0.25, 0.3) is 0 Å². The van der Waals surface area contributed by atoms with Crippen LogP contribution in [-0.4, -0.2) is 0 Å². The maximum atomic E-state index is 5.27. The molecule has 46 valence electrons. The van der Waals surface area contributed by atoms with E-state index in [0.717, 1.165) is 5.56 Å². The molecule has 1 aromatic carbocycles. The Bertz CT molecular complexity index is 338. The summed E-state index contributed by atoms with van der Waals surface area (Å²) >= 11 is 0. The van der Waals surface area contributed by atoms with Crippen molar-refractivity contribution in [1.29, 1.82) is 0 Å². The van der Waals surface area contributed by atoms with Crippen molar-refractivity contribution in [3.63, 3.8) is 0 Å². The minimum Gasteiger partial charge on any atom is -0.115 e. The fourth-order valence-electron chi connectivity index (χ4n) is 1.12. The van der Waals surface area contributed by atoms with Crippen LogP contribution >= 0.6 is 0 Å². The summed E-state index contributed by atoms with van der Waals surface area (Å²) in [5, 5.41) is 0. The molecule has 0 spiro atoms. The zero-order valence-corrected chi connectivity index (χ0v) is 5.46. The third kappa shape index (κ3) is 0.521. The standard InChI is InChI=1S/C10H6/c1-2-8-4-3-5-9-6-7-10(8)9/h1,3-7H. The van der Waals surface area contributed by atoms with Crippen molar-refractivity contribution in [3.8, 4) is 12.3 Å². The van der Waals surface area contributed by atoms with Crippen LogP contribution in [0.15, 0.2) is 18.2 Å². The molecule has 1 aliphatic rings. The van der Waals surface area contributed by atoms with Crippen LogP contribution in [0.5, 0.6) is 0 Å². The van der Waals surface area contributed by atoms with Crippen LogP contribution in [0.2, 0.25) is 0 Å². The maximum Gasteiger partial charge on any atom is 0.0321 e. The average Bonchev–Trinajstić information content (AvgIpc) is 1.91. The molecular formula is C10H6. The highest BCUT2D eigenvalue weighted by molar-refractivity contribution is 5.88. The van der Waals surface area contributed by atoms with Crippen molar-refractivity contribution < 1.29 is 0 Å². The zero-order chi connectivity index (χ0) is 6.97. The van der Waals surface area contributed by atoms with Crippen LogP contribution in [0.1, 0.15) is 16.7 Å². The summed E-state index contributed by atoms with van der Waals surface area (Å²) in [5.74, 6) is 2.64. The minimum atomic E-state index is 1.00. The van der Waals surface area contributed by atoms with Gasteiger partial charge >= 0.3 is 0 Å². The molecule has 2 rings (SSSR count). The molecule has 0 unspecified atom stereocenters. The molecular weight excluding hydrogens is 120 g/mol. The second-order valence-electron chi connectivity index (χ2n) is 2.29. The molecule has 0 heteroatoms. The molecule has 0 atom stereocenters. The van der Waals surface area contributed by atoms with Crippen LogP contribution < -0.4 is 0 Å². The number of terminal acetylenes is 1. The number of fused-ring (bicyclic) bond motifs is 1. The minimum absolute atomic E-state index is 1.00. The van der Waals surface area contributed by atoms with E-state index < -0.39 is 0 Å². The molecule has 1 aliphatic carbocycles. The smallest absolute Gasteiger partial charge is 0.0321 e. The van der Waals surface area contributed by atoms with Gasteiger partial charge in [0.15, 0.2) is 0 Å². The Morgan fingerprint density at radius 3 is 2.60 bits per heavy atom. The Morgan fingerprint density at radius 1 is 1.20 bits per heavy atom. The van der Waals surface area contributed by atoms with E-state index in [1.54, 1.807) is 0 Å². The summed E-state index contributed by atoms with van der Waals surface area (Å²) < 4.78 is 0. The molecule has 1 aromatic rings. The van der Waals surface area contributed by atoms with E-state index in [4.69, 9.17) is 6.42 Å². The molecule has 0 N–H and O–H groups in total. The highest BCUT2D eigenvalue weighted by atomic mass is 14.1. The van der Waals surface area contributed by atoms with Gasteiger partial charge in [-0.15, -0.1) is 6.42 Å². The predicted octanol–water partition coefficient (Wildman–Crippen LogP) is 2.15. The summed E-state index contributed by atoms with van der Waals surface area (Å²) in [6.07, 6.45) is 9.38. The van der Waals surface area contributed by atoms with Gasteiger partial charge in [-0.2, -0.15) is 0 Å². The van der Waals surface area contributed by atoms with Gasteiger partial charge in [0.2, 0.25) is 0 Å². The van der Waals surface area contributed by atoms with Gasteiger partial charge < -0.3 is 0 Å². The van der Waals surface area contributed by atoms with Gasteiger partial charge in [0.1, 0.15) is 0 Å². The molecule has 0 nitrogen and oxygen atoms in total. The SMILES string of the molecule is C#Cc1cccc2c1C=C2. The molecule has 10 heavy (non-hydrogen) atoms. The average molecular weight is 126 g/mol. The highest BCUT2D eigenvalue weighted by Gasteiger charge is 2.06. The fourth-order valence-corrected chi connectivity index (χ4v) is 1.12. The molecule has 0 aliphatic heterocycles. The Balaban J connectivity index is 2.69. The lowest BCUT2D eigenvalue weighted by molar-refractivity contribution is 1.53. The third-order valence-electron chi connectivity index (χ3n) is 1.72. The van der Waals surface area contributed by atoms with Crippen LogP contribution in [0.4, 0.5) is 0 Å². The van der Waals surface area contributed by atoms with E-state index in [2.05, 4.69) is 18.1 Å². The monoisotopic (exact) mass is 126 g/mol. The lowest BCUT2D eigenvalue weighted by Gasteiger charge is -2.10. The Morgan fingerprint density at radius 2 is 2.10 bits per heavy atom. The van der Waals surface area contributed by atoms with Crippen molar-refractivity contribution in [3.05, 3.63) is 34.9 Å². The van der Waals surface area contributed by atoms with Gasteiger partial charge in [-0.3, -0.25) is 0 Å². The van der Waals surface area contributed by atoms with E-state index in [1.807, 2.05) is 18.2 Å². The van der Waals surface area contributed by atoms with Crippen molar-refractivity contribution in [2.24, 2.45) is 0 Å². The normalized spacial score (nSPS) is 11.5. The summed E-state index contributed by atoms with van der Waals surface area (Å²) in [7, 11) is 0. The van der Waals surface area contributed by atoms with E-state index in [1.165, 1.54) is 11.1 Å². The van der Waals surface area contributed by atoms with E-state index >= 15 is 0 Å². The first-order valence-corrected chi connectivity index (χ1v) is 3.19. The third-order valence-corrected chi connectivity index (χ3v) is 1.72. The van der Waals surface area contributed by atoms with Crippen LogP contribution in [0.25, 0.3) is 12.2 Å². The lowest BCUT2D eigenvalue weighted by Crippen LogP contribution is -1.92. The molecule has 0 radical (unpaired) electrons. The first-order chi connectivity index (χ1) is 4.92. The molecule has 0 amide bonds. The van der Waals surface area contributed by atoms with Crippen LogP contribution in [0.3, 0.4) is 0 Å². The van der Waals surface area contributed by atoms with Crippen LogP contribution in [-0.2, 0) is 0 Å². The van der Waals surface area contributed by atoms with Gasteiger partial charge in [0, 0.05) is 5.56 Å². The largest absolute Gasteiger partial charge is 0.115 e. The first-order valence-electron chi connectivity index (χ1n) is 3.19. The first kappa shape index (κ1) is 5.32. The second-order valence-corrected chi connectivity index (χ2v) is 2.29. The van der Waals surface area contributed by atoms with E-state index in [0.29, 0.717) is 0 Å². The number of benzene rings is 1. The topological polar surface area (TPSA) is 0 Å². The Kier molecular flexibility index (Phi) is 0.930. The number of rotatable bonds is 0. The molecule has 0 saturated heterocycles. The van der Waals surface area contributed by atoms with Crippen LogP contribution in [0, 0.1) is 12.3 Å². The quantitative estimate of drug-likeness (QED) is 0.474. The molecule has 0 aromatic heterocycles. The van der Waals surface area contributed by atoms with Gasteiger partial charge in [-0.25, -0.2) is 0 Å². The molecule has 0 fully saturated rings. The summed E-state index contributed by atoms with van der Waals surface area (Å²) in [4.78, 5) is 0. The van der Waals surface area contributed by atoms with Gasteiger partial charge in [-0.1, -0.05) is 30.2 Å². The lowest BCUT2D eigenvalue weighted by atomic mass is 9.93. The van der Waals surface area contributed by atoms with Gasteiger partial charge in [0.05, 0.1) is 0 Å². The van der Waals surface area contributed by atoms with Crippen molar-refractivity contribution in [2.75, 3.05) is 0 Å². The zero-order valence-electron chi connectivity index (χ0n) is 5.46. The number of hydrogen-bond donors (Lipinski definition) is 0. The van der Waals surface area contributed by atoms with Crippen molar-refractivity contribution >= 4 is 12.2 Å². The van der Waals surface area contributed by atoms with E-state index in [-0.39, 0.29) is 0 Å². The molecule has 0 bridgehead atoms. The van der Waals surface area contributed by atoms with Gasteiger partial charge in [-0.05, 0) is 17.2 Å². The summed E-state index contributed by atoms with van der Waals surface area (Å²) in [6, 6.07) is 6.01. The van der Waals surface area contributed by atoms with E-state index in [9.17, 15) is 0 Å². The Hall–Kier alpha value is -1.48. The summed E-state index contributed by atoms with van der Waals surface area (Å²) in [5.41, 5.74) is 3.47. The maximum absolute atomic E-state index is 5.27. The number of hydrogen-bond acceptors (Lipinski definition) is 0.